The Balaban J connectivity index is 1.39. The van der Waals surface area contributed by atoms with Gasteiger partial charge in [0.15, 0.2) is 0 Å². The van der Waals surface area contributed by atoms with Crippen molar-refractivity contribution in [2.45, 2.75) is 38.3 Å². The fourth-order valence-electron chi connectivity index (χ4n) is 5.50. The van der Waals surface area contributed by atoms with E-state index < -0.39 is 0 Å². The number of hydrogen-bond acceptors (Lipinski definition) is 2. The van der Waals surface area contributed by atoms with Crippen molar-refractivity contribution in [1.82, 2.24) is 5.32 Å². The van der Waals surface area contributed by atoms with Crippen molar-refractivity contribution < 1.29 is 4.74 Å². The largest absolute Gasteiger partial charge is 0.493 e. The summed E-state index contributed by atoms with van der Waals surface area (Å²) in [7, 11) is 0. The van der Waals surface area contributed by atoms with Crippen LogP contribution in [-0.2, 0) is 0 Å². The van der Waals surface area contributed by atoms with Gasteiger partial charge < -0.3 is 10.1 Å². The van der Waals surface area contributed by atoms with Crippen LogP contribution in [0.25, 0.3) is 0 Å². The summed E-state index contributed by atoms with van der Waals surface area (Å²) < 4.78 is 5.88. The van der Waals surface area contributed by atoms with Gasteiger partial charge in [0.2, 0.25) is 0 Å². The molecule has 3 saturated carbocycles. The molecule has 2 nitrogen and oxygen atoms in total. The van der Waals surface area contributed by atoms with E-state index in [1.54, 1.807) is 0 Å². The van der Waals surface area contributed by atoms with Crippen LogP contribution in [0.4, 0.5) is 0 Å². The molecule has 2 bridgehead atoms. The molecular formula is C18H23NO. The minimum Gasteiger partial charge on any atom is -0.493 e. The highest BCUT2D eigenvalue weighted by molar-refractivity contribution is 5.38. The average Bonchev–Trinajstić information content (AvgIpc) is 2.86. The van der Waals surface area contributed by atoms with Gasteiger partial charge in [-0.05, 0) is 49.0 Å². The third-order valence-corrected chi connectivity index (χ3v) is 6.43. The van der Waals surface area contributed by atoms with E-state index in [-0.39, 0.29) is 0 Å². The molecular weight excluding hydrogens is 246 g/mol. The first-order valence-corrected chi connectivity index (χ1v) is 8.30. The van der Waals surface area contributed by atoms with Gasteiger partial charge in [0, 0.05) is 23.6 Å². The van der Waals surface area contributed by atoms with E-state index >= 15 is 0 Å². The fraction of sp³-hybridized carbons (Fsp3) is 0.667. The minimum absolute atomic E-state index is 0.495. The Bertz CT molecular complexity index is 526. The van der Waals surface area contributed by atoms with Gasteiger partial charge in [-0.2, -0.15) is 0 Å². The SMILES string of the molecule is CC1COc2ccccc2C1NC1C2C3CCC(C3)C12. The molecule has 1 N–H and O–H groups in total. The average molecular weight is 269 g/mol. The molecule has 3 aliphatic carbocycles. The van der Waals surface area contributed by atoms with Crippen LogP contribution in [-0.4, -0.2) is 12.6 Å². The Morgan fingerprint density at radius 3 is 2.65 bits per heavy atom. The molecule has 1 heterocycles. The van der Waals surface area contributed by atoms with Gasteiger partial charge in [-0.3, -0.25) is 0 Å². The molecule has 0 spiro atoms. The smallest absolute Gasteiger partial charge is 0.124 e. The Morgan fingerprint density at radius 2 is 1.85 bits per heavy atom. The highest BCUT2D eigenvalue weighted by Crippen LogP contribution is 2.66. The molecule has 1 aromatic carbocycles. The second-order valence-corrected chi connectivity index (χ2v) is 7.48. The zero-order valence-electron chi connectivity index (χ0n) is 12.1. The molecule has 0 aromatic heterocycles. The number of para-hydroxylation sites is 1. The quantitative estimate of drug-likeness (QED) is 0.888. The molecule has 106 valence electrons. The van der Waals surface area contributed by atoms with Crippen LogP contribution in [0.15, 0.2) is 24.3 Å². The summed E-state index contributed by atoms with van der Waals surface area (Å²) >= 11 is 0. The second kappa shape index (κ2) is 4.00. The predicted molar refractivity (Wildman–Crippen MR) is 78.6 cm³/mol. The van der Waals surface area contributed by atoms with Crippen molar-refractivity contribution >= 4 is 0 Å². The predicted octanol–water partition coefficient (Wildman–Crippen LogP) is 3.39. The Hall–Kier alpha value is -1.02. The lowest BCUT2D eigenvalue weighted by molar-refractivity contribution is 0.183. The van der Waals surface area contributed by atoms with E-state index in [9.17, 15) is 0 Å². The summed E-state index contributed by atoms with van der Waals surface area (Å²) in [6.45, 7) is 3.17. The number of ether oxygens (including phenoxy) is 1. The van der Waals surface area contributed by atoms with Gasteiger partial charge in [0.05, 0.1) is 6.61 Å². The molecule has 0 saturated heterocycles. The van der Waals surface area contributed by atoms with E-state index in [1.807, 2.05) is 0 Å². The number of hydrogen-bond donors (Lipinski definition) is 1. The molecule has 1 aliphatic heterocycles. The van der Waals surface area contributed by atoms with Gasteiger partial charge in [-0.25, -0.2) is 0 Å². The van der Waals surface area contributed by atoms with Crippen LogP contribution in [0.5, 0.6) is 5.75 Å². The van der Waals surface area contributed by atoms with Gasteiger partial charge >= 0.3 is 0 Å². The summed E-state index contributed by atoms with van der Waals surface area (Å²) in [5, 5.41) is 4.02. The molecule has 20 heavy (non-hydrogen) atoms. The molecule has 6 unspecified atom stereocenters. The lowest BCUT2D eigenvalue weighted by Gasteiger charge is -2.33. The van der Waals surface area contributed by atoms with Crippen molar-refractivity contribution in [2.24, 2.45) is 29.6 Å². The van der Waals surface area contributed by atoms with Crippen LogP contribution >= 0.6 is 0 Å². The van der Waals surface area contributed by atoms with Gasteiger partial charge in [0.25, 0.3) is 0 Å². The molecule has 5 rings (SSSR count). The van der Waals surface area contributed by atoms with Crippen molar-refractivity contribution in [3.8, 4) is 5.75 Å². The minimum atomic E-state index is 0.495. The molecule has 2 heteroatoms. The lowest BCUT2D eigenvalue weighted by Crippen LogP contribution is -2.37. The number of nitrogens with one attached hydrogen (secondary N) is 1. The van der Waals surface area contributed by atoms with Crippen LogP contribution < -0.4 is 10.1 Å². The summed E-state index contributed by atoms with van der Waals surface area (Å²) in [6, 6.07) is 9.89. The van der Waals surface area contributed by atoms with Crippen LogP contribution in [0, 0.1) is 29.6 Å². The third kappa shape index (κ3) is 1.49. The van der Waals surface area contributed by atoms with Crippen molar-refractivity contribution in [1.29, 1.82) is 0 Å². The molecule has 6 atom stereocenters. The number of fused-ring (bicyclic) bond motifs is 6. The molecule has 4 aliphatic rings. The Morgan fingerprint density at radius 1 is 1.10 bits per heavy atom. The maximum absolute atomic E-state index is 5.88. The van der Waals surface area contributed by atoms with E-state index in [4.69, 9.17) is 4.74 Å². The summed E-state index contributed by atoms with van der Waals surface area (Å²) in [6.07, 6.45) is 4.54. The topological polar surface area (TPSA) is 21.3 Å². The standard InChI is InChI=1S/C18H23NO/c1-10-9-20-14-5-3-2-4-13(14)17(10)19-18-15-11-6-7-12(8-11)16(15)18/h2-5,10-12,15-19H,6-9H2,1H3. The van der Waals surface area contributed by atoms with E-state index in [0.29, 0.717) is 12.0 Å². The highest BCUT2D eigenvalue weighted by Gasteiger charge is 2.65. The van der Waals surface area contributed by atoms with Gasteiger partial charge in [-0.15, -0.1) is 0 Å². The van der Waals surface area contributed by atoms with Gasteiger partial charge in [0.1, 0.15) is 5.75 Å². The van der Waals surface area contributed by atoms with Crippen LogP contribution in [0.2, 0.25) is 0 Å². The first-order chi connectivity index (χ1) is 9.83. The van der Waals surface area contributed by atoms with E-state index in [1.165, 1.54) is 24.8 Å². The highest BCUT2D eigenvalue weighted by atomic mass is 16.5. The summed E-state index contributed by atoms with van der Waals surface area (Å²) in [5.74, 6) is 5.79. The van der Waals surface area contributed by atoms with Crippen LogP contribution in [0.1, 0.15) is 37.8 Å². The molecule has 0 amide bonds. The second-order valence-electron chi connectivity index (χ2n) is 7.48. The summed E-state index contributed by atoms with van der Waals surface area (Å²) in [5.41, 5.74) is 1.38. The lowest BCUT2D eigenvalue weighted by atomic mass is 9.91. The first kappa shape index (κ1) is 11.6. The number of benzene rings is 1. The van der Waals surface area contributed by atoms with Crippen molar-refractivity contribution in [2.75, 3.05) is 6.61 Å². The van der Waals surface area contributed by atoms with Crippen molar-refractivity contribution in [3.05, 3.63) is 29.8 Å². The molecule has 1 aromatic rings. The van der Waals surface area contributed by atoms with E-state index in [2.05, 4.69) is 36.5 Å². The fourth-order valence-corrected chi connectivity index (χ4v) is 5.50. The van der Waals surface area contributed by atoms with Gasteiger partial charge in [-0.1, -0.05) is 25.1 Å². The maximum Gasteiger partial charge on any atom is 0.124 e. The van der Waals surface area contributed by atoms with Crippen LogP contribution in [0.3, 0.4) is 0 Å². The maximum atomic E-state index is 5.88. The monoisotopic (exact) mass is 269 g/mol. The van der Waals surface area contributed by atoms with Crippen molar-refractivity contribution in [3.63, 3.8) is 0 Å². The third-order valence-electron chi connectivity index (χ3n) is 6.43. The zero-order chi connectivity index (χ0) is 13.3. The molecule has 0 radical (unpaired) electrons. The first-order valence-electron chi connectivity index (χ1n) is 8.30. The normalized spacial score (nSPS) is 47.5. The summed E-state index contributed by atoms with van der Waals surface area (Å²) in [4.78, 5) is 0. The zero-order valence-corrected chi connectivity index (χ0v) is 12.1. The Kier molecular flexibility index (Phi) is 2.33. The molecule has 3 fully saturated rings. The number of rotatable bonds is 2. The Labute approximate surface area is 120 Å². The van der Waals surface area contributed by atoms with E-state index in [0.717, 1.165) is 42.1 Å².